The monoisotopic (exact) mass is 228 g/mol. The van der Waals surface area contributed by atoms with Gasteiger partial charge in [0.25, 0.3) is 0 Å². The second-order valence-corrected chi connectivity index (χ2v) is 5.31. The normalized spacial score (nSPS) is 19.6. The highest BCUT2D eigenvalue weighted by Crippen LogP contribution is 2.31. The molecule has 2 heteroatoms. The van der Waals surface area contributed by atoms with Gasteiger partial charge in [0.15, 0.2) is 0 Å². The fourth-order valence-electron chi connectivity index (χ4n) is 3.13. The van der Waals surface area contributed by atoms with Crippen molar-refractivity contribution >= 4 is 10.9 Å². The molecule has 0 saturated heterocycles. The van der Waals surface area contributed by atoms with E-state index in [1.807, 2.05) is 0 Å². The summed E-state index contributed by atoms with van der Waals surface area (Å²) in [5, 5.41) is 4.85. The number of H-pyrrole nitrogens is 1. The van der Waals surface area contributed by atoms with Gasteiger partial charge in [-0.2, -0.15) is 0 Å². The number of benzene rings is 1. The van der Waals surface area contributed by atoms with Gasteiger partial charge >= 0.3 is 0 Å². The maximum absolute atomic E-state index is 3.64. The van der Waals surface area contributed by atoms with Crippen LogP contribution in [0.2, 0.25) is 0 Å². The van der Waals surface area contributed by atoms with E-state index >= 15 is 0 Å². The summed E-state index contributed by atoms with van der Waals surface area (Å²) in [5.41, 5.74) is 7.08. The molecule has 1 aliphatic rings. The lowest BCUT2D eigenvalue weighted by Crippen LogP contribution is -2.31. The number of likely N-dealkylation sites (N-methyl/N-ethyl adjacent to an activating group) is 1. The van der Waals surface area contributed by atoms with Gasteiger partial charge in [0.2, 0.25) is 0 Å². The summed E-state index contributed by atoms with van der Waals surface area (Å²) >= 11 is 0. The van der Waals surface area contributed by atoms with Crippen molar-refractivity contribution < 1.29 is 0 Å². The van der Waals surface area contributed by atoms with E-state index in [1.165, 1.54) is 40.6 Å². The molecule has 90 valence electrons. The summed E-state index contributed by atoms with van der Waals surface area (Å²) in [4.78, 5) is 3.64. The van der Waals surface area contributed by atoms with E-state index in [9.17, 15) is 0 Å². The van der Waals surface area contributed by atoms with Crippen LogP contribution in [0.25, 0.3) is 10.9 Å². The average molecular weight is 228 g/mol. The minimum Gasteiger partial charge on any atom is -0.358 e. The number of hydrogen-bond donors (Lipinski definition) is 2. The first-order valence-electron chi connectivity index (χ1n) is 6.47. The van der Waals surface area contributed by atoms with Crippen LogP contribution in [0, 0.1) is 13.8 Å². The third kappa shape index (κ3) is 1.67. The second-order valence-electron chi connectivity index (χ2n) is 5.31. The standard InChI is InChI=1S/C15H20N2/c1-9-6-10(2)15-13(7-9)12-5-4-11(16-3)8-14(12)17-15/h6-7,11,16-17H,4-5,8H2,1-3H3. The Morgan fingerprint density at radius 2 is 2.12 bits per heavy atom. The molecule has 2 aromatic rings. The number of aromatic amines is 1. The minimum absolute atomic E-state index is 0.636. The molecule has 1 atom stereocenters. The number of rotatable bonds is 1. The summed E-state index contributed by atoms with van der Waals surface area (Å²) in [5.74, 6) is 0. The van der Waals surface area contributed by atoms with Gasteiger partial charge in [-0.15, -0.1) is 0 Å². The molecule has 0 radical (unpaired) electrons. The number of hydrogen-bond acceptors (Lipinski definition) is 1. The summed E-state index contributed by atoms with van der Waals surface area (Å²) in [6, 6.07) is 5.23. The van der Waals surface area contributed by atoms with E-state index in [4.69, 9.17) is 0 Å². The highest BCUT2D eigenvalue weighted by molar-refractivity contribution is 5.88. The van der Waals surface area contributed by atoms with Crippen molar-refractivity contribution in [1.29, 1.82) is 0 Å². The molecule has 2 N–H and O–H groups in total. The van der Waals surface area contributed by atoms with Gasteiger partial charge in [-0.25, -0.2) is 0 Å². The van der Waals surface area contributed by atoms with Crippen LogP contribution < -0.4 is 5.32 Å². The number of fused-ring (bicyclic) bond motifs is 3. The maximum atomic E-state index is 3.64. The number of nitrogens with one attached hydrogen (secondary N) is 2. The zero-order valence-electron chi connectivity index (χ0n) is 10.9. The molecule has 1 heterocycles. The largest absolute Gasteiger partial charge is 0.358 e. The van der Waals surface area contributed by atoms with Crippen molar-refractivity contribution in [2.45, 2.75) is 39.2 Å². The highest BCUT2D eigenvalue weighted by atomic mass is 14.9. The highest BCUT2D eigenvalue weighted by Gasteiger charge is 2.21. The van der Waals surface area contributed by atoms with E-state index in [2.05, 4.69) is 43.3 Å². The van der Waals surface area contributed by atoms with E-state index in [1.54, 1.807) is 5.56 Å². The molecule has 1 aliphatic carbocycles. The number of aryl methyl sites for hydroxylation is 3. The van der Waals surface area contributed by atoms with Crippen molar-refractivity contribution in [2.24, 2.45) is 0 Å². The van der Waals surface area contributed by atoms with Crippen LogP contribution >= 0.6 is 0 Å². The summed E-state index contributed by atoms with van der Waals surface area (Å²) in [7, 11) is 2.06. The van der Waals surface area contributed by atoms with Gasteiger partial charge in [-0.05, 0) is 50.9 Å². The Balaban J connectivity index is 2.18. The van der Waals surface area contributed by atoms with Crippen molar-refractivity contribution in [2.75, 3.05) is 7.05 Å². The second kappa shape index (κ2) is 3.88. The van der Waals surface area contributed by atoms with Gasteiger partial charge in [0.1, 0.15) is 0 Å². The minimum atomic E-state index is 0.636. The summed E-state index contributed by atoms with van der Waals surface area (Å²) in [6.07, 6.45) is 3.59. The van der Waals surface area contributed by atoms with Crippen molar-refractivity contribution in [3.8, 4) is 0 Å². The van der Waals surface area contributed by atoms with Crippen LogP contribution in [0.15, 0.2) is 12.1 Å². The molecule has 1 aromatic heterocycles. The third-order valence-electron chi connectivity index (χ3n) is 4.05. The summed E-state index contributed by atoms with van der Waals surface area (Å²) < 4.78 is 0. The molecule has 17 heavy (non-hydrogen) atoms. The zero-order chi connectivity index (χ0) is 12.0. The Labute approximate surface area is 102 Å². The Bertz CT molecular complexity index is 566. The van der Waals surface area contributed by atoms with E-state index in [0.717, 1.165) is 6.42 Å². The van der Waals surface area contributed by atoms with Crippen LogP contribution in [0.3, 0.4) is 0 Å². The van der Waals surface area contributed by atoms with Crippen LogP contribution in [-0.2, 0) is 12.8 Å². The number of aromatic nitrogens is 1. The first-order chi connectivity index (χ1) is 8.19. The molecule has 0 saturated carbocycles. The Morgan fingerprint density at radius 3 is 2.88 bits per heavy atom. The van der Waals surface area contributed by atoms with Crippen LogP contribution in [0.1, 0.15) is 28.8 Å². The summed E-state index contributed by atoms with van der Waals surface area (Å²) in [6.45, 7) is 4.39. The predicted octanol–water partition coefficient (Wildman–Crippen LogP) is 2.86. The van der Waals surface area contributed by atoms with Gasteiger partial charge in [-0.3, -0.25) is 0 Å². The first kappa shape index (κ1) is 10.8. The molecule has 0 spiro atoms. The molecular formula is C15H20N2. The smallest absolute Gasteiger partial charge is 0.0488 e. The topological polar surface area (TPSA) is 27.8 Å². The first-order valence-corrected chi connectivity index (χ1v) is 6.47. The predicted molar refractivity (Wildman–Crippen MR) is 72.6 cm³/mol. The maximum Gasteiger partial charge on any atom is 0.0488 e. The molecule has 0 aliphatic heterocycles. The SMILES string of the molecule is CNC1CCc2c([nH]c3c(C)cc(C)cc23)C1. The van der Waals surface area contributed by atoms with Crippen molar-refractivity contribution in [1.82, 2.24) is 10.3 Å². The van der Waals surface area contributed by atoms with Gasteiger partial charge in [-0.1, -0.05) is 11.6 Å². The van der Waals surface area contributed by atoms with Crippen LogP contribution in [0.4, 0.5) is 0 Å². The lowest BCUT2D eigenvalue weighted by Gasteiger charge is -2.21. The molecule has 3 rings (SSSR count). The molecule has 0 bridgehead atoms. The molecular weight excluding hydrogens is 208 g/mol. The third-order valence-corrected chi connectivity index (χ3v) is 4.05. The van der Waals surface area contributed by atoms with Crippen molar-refractivity contribution in [3.05, 3.63) is 34.5 Å². The lowest BCUT2D eigenvalue weighted by molar-refractivity contribution is 0.493. The van der Waals surface area contributed by atoms with E-state index in [0.29, 0.717) is 6.04 Å². The zero-order valence-corrected chi connectivity index (χ0v) is 10.9. The average Bonchev–Trinajstić information content (AvgIpc) is 2.67. The Kier molecular flexibility index (Phi) is 2.48. The van der Waals surface area contributed by atoms with Gasteiger partial charge < -0.3 is 10.3 Å². The molecule has 2 nitrogen and oxygen atoms in total. The Morgan fingerprint density at radius 1 is 1.29 bits per heavy atom. The van der Waals surface area contributed by atoms with E-state index < -0.39 is 0 Å². The Hall–Kier alpha value is -1.28. The van der Waals surface area contributed by atoms with Crippen LogP contribution in [-0.4, -0.2) is 18.1 Å². The fraction of sp³-hybridized carbons (Fsp3) is 0.467. The van der Waals surface area contributed by atoms with Crippen molar-refractivity contribution in [3.63, 3.8) is 0 Å². The van der Waals surface area contributed by atoms with Gasteiger partial charge in [0, 0.05) is 29.1 Å². The molecule has 1 unspecified atom stereocenters. The van der Waals surface area contributed by atoms with E-state index in [-0.39, 0.29) is 0 Å². The van der Waals surface area contributed by atoms with Crippen LogP contribution in [0.5, 0.6) is 0 Å². The fourth-order valence-corrected chi connectivity index (χ4v) is 3.13. The quantitative estimate of drug-likeness (QED) is 0.771. The van der Waals surface area contributed by atoms with Gasteiger partial charge in [0.05, 0.1) is 0 Å². The molecule has 0 amide bonds. The molecule has 1 aromatic carbocycles. The molecule has 0 fully saturated rings. The lowest BCUT2D eigenvalue weighted by atomic mass is 9.91.